The second-order valence-electron chi connectivity index (χ2n) is 6.46. The van der Waals surface area contributed by atoms with E-state index >= 15 is 0 Å². The zero-order valence-electron chi connectivity index (χ0n) is 14.0. The molecule has 0 radical (unpaired) electrons. The van der Waals surface area contributed by atoms with Gasteiger partial charge in [-0.1, -0.05) is 11.6 Å². The summed E-state index contributed by atoms with van der Waals surface area (Å²) in [6.45, 7) is 6.52. The Labute approximate surface area is 136 Å². The van der Waals surface area contributed by atoms with Crippen LogP contribution in [0.5, 0.6) is 0 Å². The molecule has 3 heteroatoms. The van der Waals surface area contributed by atoms with Crippen molar-refractivity contribution in [3.8, 4) is 22.5 Å². The van der Waals surface area contributed by atoms with Crippen LogP contribution in [0.4, 0.5) is 0 Å². The highest BCUT2D eigenvalue weighted by Crippen LogP contribution is 2.34. The summed E-state index contributed by atoms with van der Waals surface area (Å²) in [4.78, 5) is 9.03. The van der Waals surface area contributed by atoms with Crippen LogP contribution >= 0.6 is 0 Å². The number of nitrogens with zero attached hydrogens (tertiary/aromatic N) is 3. The van der Waals surface area contributed by atoms with Crippen molar-refractivity contribution in [3.63, 3.8) is 0 Å². The van der Waals surface area contributed by atoms with Gasteiger partial charge in [0.25, 0.3) is 0 Å². The highest BCUT2D eigenvalue weighted by atomic mass is 15.0. The van der Waals surface area contributed by atoms with Gasteiger partial charge in [0, 0.05) is 18.0 Å². The van der Waals surface area contributed by atoms with Crippen molar-refractivity contribution < 1.29 is 4.57 Å². The molecule has 0 spiro atoms. The summed E-state index contributed by atoms with van der Waals surface area (Å²) in [6.07, 6.45) is 6.71. The van der Waals surface area contributed by atoms with Gasteiger partial charge in [-0.3, -0.25) is 4.98 Å². The second-order valence-corrected chi connectivity index (χ2v) is 6.46. The van der Waals surface area contributed by atoms with Crippen LogP contribution in [-0.4, -0.2) is 9.97 Å². The van der Waals surface area contributed by atoms with Gasteiger partial charge in [-0.2, -0.15) is 4.57 Å². The van der Waals surface area contributed by atoms with Crippen molar-refractivity contribution in [2.75, 3.05) is 0 Å². The second kappa shape index (κ2) is 4.98. The lowest BCUT2D eigenvalue weighted by molar-refractivity contribution is -0.667. The van der Waals surface area contributed by atoms with Crippen molar-refractivity contribution in [3.05, 3.63) is 64.7 Å². The maximum atomic E-state index is 4.78. The van der Waals surface area contributed by atoms with Crippen molar-refractivity contribution in [1.29, 1.82) is 0 Å². The lowest BCUT2D eigenvalue weighted by atomic mass is 9.98. The Kier molecular flexibility index (Phi) is 3.05. The molecular formula is C20H20N3+. The topological polar surface area (TPSA) is 29.7 Å². The molecule has 1 aliphatic rings. The minimum Gasteiger partial charge on any atom is -0.264 e. The molecule has 2 heterocycles. The first kappa shape index (κ1) is 14.1. The van der Waals surface area contributed by atoms with Gasteiger partial charge in [0.15, 0.2) is 0 Å². The zero-order chi connectivity index (χ0) is 16.1. The van der Waals surface area contributed by atoms with E-state index in [-0.39, 0.29) is 0 Å². The third-order valence-corrected chi connectivity index (χ3v) is 4.97. The van der Waals surface area contributed by atoms with Gasteiger partial charge in [-0.15, -0.1) is 0 Å². The van der Waals surface area contributed by atoms with Crippen LogP contribution < -0.4 is 4.57 Å². The van der Waals surface area contributed by atoms with Crippen LogP contribution in [0.25, 0.3) is 22.5 Å². The summed E-state index contributed by atoms with van der Waals surface area (Å²) >= 11 is 0. The highest BCUT2D eigenvalue weighted by Gasteiger charge is 2.30. The maximum absolute atomic E-state index is 4.78. The fourth-order valence-corrected chi connectivity index (χ4v) is 3.55. The van der Waals surface area contributed by atoms with Crippen LogP contribution in [-0.2, 0) is 13.5 Å². The average molecular weight is 302 g/mol. The number of hydrogen-bond acceptors (Lipinski definition) is 2. The predicted molar refractivity (Wildman–Crippen MR) is 91.1 cm³/mol. The van der Waals surface area contributed by atoms with Gasteiger partial charge >= 0.3 is 0 Å². The largest absolute Gasteiger partial charge is 0.264 e. The first-order chi connectivity index (χ1) is 11.1. The van der Waals surface area contributed by atoms with Crippen LogP contribution in [0.1, 0.15) is 27.9 Å². The quantitative estimate of drug-likeness (QED) is 0.504. The molecule has 114 valence electrons. The minimum absolute atomic E-state index is 0.925. The molecule has 0 bridgehead atoms. The highest BCUT2D eigenvalue weighted by molar-refractivity contribution is 5.71. The smallest absolute Gasteiger partial charge is 0.231 e. The van der Waals surface area contributed by atoms with E-state index < -0.39 is 0 Å². The molecule has 0 saturated carbocycles. The number of fused-ring (bicyclic) bond motifs is 3. The number of rotatable bonds is 1. The molecule has 0 unspecified atom stereocenters. The average Bonchev–Trinajstić information content (AvgIpc) is 2.91. The predicted octanol–water partition coefficient (Wildman–Crippen LogP) is 3.46. The Hall–Kier alpha value is -2.55. The van der Waals surface area contributed by atoms with Gasteiger partial charge in [-0.25, -0.2) is 4.98 Å². The first-order valence-corrected chi connectivity index (χ1v) is 7.95. The SMILES string of the molecule is Cc1cc(C)c(C)c(-c2cnc3c([n+]2C)Cc2ccncc2-3)c1. The maximum Gasteiger partial charge on any atom is 0.231 e. The number of pyridine rings is 1. The third kappa shape index (κ3) is 2.07. The Morgan fingerprint density at radius 2 is 1.87 bits per heavy atom. The molecule has 2 aromatic heterocycles. The molecule has 0 fully saturated rings. The summed E-state index contributed by atoms with van der Waals surface area (Å²) in [5.74, 6) is 0. The number of benzene rings is 1. The van der Waals surface area contributed by atoms with E-state index in [2.05, 4.69) is 55.6 Å². The Bertz CT molecular complexity index is 942. The fourth-order valence-electron chi connectivity index (χ4n) is 3.55. The summed E-state index contributed by atoms with van der Waals surface area (Å²) in [5.41, 5.74) is 11.2. The van der Waals surface area contributed by atoms with E-state index in [0.29, 0.717) is 0 Å². The fraction of sp³-hybridized carbons (Fsp3) is 0.250. The number of aromatic nitrogens is 3. The van der Waals surface area contributed by atoms with E-state index in [1.165, 1.54) is 44.8 Å². The molecule has 0 aliphatic heterocycles. The summed E-state index contributed by atoms with van der Waals surface area (Å²) < 4.78 is 2.30. The van der Waals surface area contributed by atoms with E-state index in [0.717, 1.165) is 12.1 Å². The number of hydrogen-bond donors (Lipinski definition) is 0. The lowest BCUT2D eigenvalue weighted by Crippen LogP contribution is -2.36. The van der Waals surface area contributed by atoms with E-state index in [1.807, 2.05) is 18.6 Å². The van der Waals surface area contributed by atoms with Gasteiger partial charge < -0.3 is 0 Å². The summed E-state index contributed by atoms with van der Waals surface area (Å²) in [6, 6.07) is 6.59. The van der Waals surface area contributed by atoms with E-state index in [9.17, 15) is 0 Å². The van der Waals surface area contributed by atoms with Crippen molar-refractivity contribution in [2.24, 2.45) is 7.05 Å². The lowest BCUT2D eigenvalue weighted by Gasteiger charge is -2.10. The van der Waals surface area contributed by atoms with Gasteiger partial charge in [0.1, 0.15) is 18.9 Å². The molecular weight excluding hydrogens is 282 g/mol. The normalized spacial score (nSPS) is 12.2. The monoisotopic (exact) mass is 302 g/mol. The van der Waals surface area contributed by atoms with Gasteiger partial charge in [-0.05, 0) is 49.6 Å². The van der Waals surface area contributed by atoms with E-state index in [1.54, 1.807) is 0 Å². The molecule has 3 aromatic rings. The van der Waals surface area contributed by atoms with Crippen molar-refractivity contribution in [2.45, 2.75) is 27.2 Å². The molecule has 1 aliphatic carbocycles. The molecule has 23 heavy (non-hydrogen) atoms. The molecule has 3 nitrogen and oxygen atoms in total. The first-order valence-electron chi connectivity index (χ1n) is 7.95. The Morgan fingerprint density at radius 3 is 2.70 bits per heavy atom. The third-order valence-electron chi connectivity index (χ3n) is 4.97. The van der Waals surface area contributed by atoms with Crippen LogP contribution in [0.3, 0.4) is 0 Å². The summed E-state index contributed by atoms with van der Waals surface area (Å²) in [5, 5.41) is 0. The van der Waals surface area contributed by atoms with Crippen LogP contribution in [0, 0.1) is 20.8 Å². The van der Waals surface area contributed by atoms with Crippen molar-refractivity contribution in [1.82, 2.24) is 9.97 Å². The molecule has 1 aromatic carbocycles. The number of aryl methyl sites for hydroxylation is 2. The molecule has 0 saturated heterocycles. The minimum atomic E-state index is 0.925. The Balaban J connectivity index is 1.93. The molecule has 0 amide bonds. The van der Waals surface area contributed by atoms with E-state index in [4.69, 9.17) is 4.98 Å². The van der Waals surface area contributed by atoms with Gasteiger partial charge in [0.05, 0.1) is 12.0 Å². The molecule has 0 N–H and O–H groups in total. The molecule has 4 rings (SSSR count). The zero-order valence-corrected chi connectivity index (χ0v) is 14.0. The Morgan fingerprint density at radius 1 is 1.04 bits per heavy atom. The van der Waals surface area contributed by atoms with Crippen LogP contribution in [0.15, 0.2) is 36.8 Å². The standard InChI is InChI=1S/C20H20N3/c1-12-7-13(2)14(3)16(8-12)19-11-22-20-17-10-21-6-5-15(17)9-18(20)23(19)4/h5-8,10-11H,9H2,1-4H3/q+1. The van der Waals surface area contributed by atoms with Gasteiger partial charge in [0.2, 0.25) is 11.4 Å². The van der Waals surface area contributed by atoms with Crippen molar-refractivity contribution >= 4 is 0 Å². The van der Waals surface area contributed by atoms with Crippen LogP contribution in [0.2, 0.25) is 0 Å². The summed E-state index contributed by atoms with van der Waals surface area (Å²) in [7, 11) is 2.15. The molecule has 0 atom stereocenters.